The van der Waals surface area contributed by atoms with Gasteiger partial charge in [-0.2, -0.15) is 5.26 Å². The van der Waals surface area contributed by atoms with Crippen LogP contribution < -0.4 is 0 Å². The number of aliphatic hydroxyl groups excluding tert-OH is 1. The third-order valence-corrected chi connectivity index (χ3v) is 2.26. The van der Waals surface area contributed by atoms with E-state index in [-0.39, 0.29) is 31.1 Å². The van der Waals surface area contributed by atoms with Crippen LogP contribution in [0.3, 0.4) is 0 Å². The summed E-state index contributed by atoms with van der Waals surface area (Å²) in [5.41, 5.74) is 0. The van der Waals surface area contributed by atoms with Crippen molar-refractivity contribution in [3.05, 3.63) is 0 Å². The van der Waals surface area contributed by atoms with Gasteiger partial charge >= 0.3 is 0 Å². The molecule has 1 aliphatic heterocycles. The predicted molar refractivity (Wildman–Crippen MR) is 48.2 cm³/mol. The monoisotopic (exact) mass is 198 g/mol. The number of nitriles is 1. The van der Waals surface area contributed by atoms with Gasteiger partial charge in [-0.25, -0.2) is 0 Å². The van der Waals surface area contributed by atoms with Gasteiger partial charge in [-0.3, -0.25) is 4.79 Å². The Morgan fingerprint density at radius 2 is 2.50 bits per heavy atom. The van der Waals surface area contributed by atoms with Gasteiger partial charge in [0.05, 0.1) is 31.4 Å². The van der Waals surface area contributed by atoms with E-state index in [9.17, 15) is 4.79 Å². The maximum Gasteiger partial charge on any atom is 0.237 e. The van der Waals surface area contributed by atoms with E-state index in [1.807, 2.05) is 13.0 Å². The number of carbonyl (C=O) groups is 1. The summed E-state index contributed by atoms with van der Waals surface area (Å²) in [6, 6.07) is 1.81. The van der Waals surface area contributed by atoms with Gasteiger partial charge in [0.25, 0.3) is 0 Å². The van der Waals surface area contributed by atoms with Gasteiger partial charge in [-0.05, 0) is 6.92 Å². The largest absolute Gasteiger partial charge is 0.394 e. The lowest BCUT2D eigenvalue weighted by Gasteiger charge is -2.37. The summed E-state index contributed by atoms with van der Waals surface area (Å²) in [6.45, 7) is 2.56. The van der Waals surface area contributed by atoms with Gasteiger partial charge in [0, 0.05) is 6.54 Å². The van der Waals surface area contributed by atoms with Crippen molar-refractivity contribution >= 4 is 5.91 Å². The summed E-state index contributed by atoms with van der Waals surface area (Å²) < 4.78 is 5.27. The molecule has 1 heterocycles. The molecule has 0 aromatic carbocycles. The lowest BCUT2D eigenvalue weighted by atomic mass is 10.2. The molecular formula is C9H14N2O3. The quantitative estimate of drug-likeness (QED) is 0.649. The summed E-state index contributed by atoms with van der Waals surface area (Å²) in [7, 11) is 0. The van der Waals surface area contributed by atoms with E-state index in [1.165, 1.54) is 0 Å². The zero-order valence-corrected chi connectivity index (χ0v) is 8.14. The van der Waals surface area contributed by atoms with Gasteiger partial charge in [0.2, 0.25) is 5.91 Å². The standard InChI is InChI=1S/C9H14N2O3/c1-7-6-14-8(5-12)4-11(7)9(13)2-3-10/h7-8,12H,2,4-6H2,1H3. The first-order valence-electron chi connectivity index (χ1n) is 4.58. The Morgan fingerprint density at radius 3 is 3.07 bits per heavy atom. The van der Waals surface area contributed by atoms with Gasteiger partial charge in [0.1, 0.15) is 6.42 Å². The molecule has 0 aliphatic carbocycles. The smallest absolute Gasteiger partial charge is 0.237 e. The SMILES string of the molecule is CC1COC(CO)CN1C(=O)CC#N. The van der Waals surface area contributed by atoms with Crippen LogP contribution in [-0.2, 0) is 9.53 Å². The van der Waals surface area contributed by atoms with Gasteiger partial charge in [0.15, 0.2) is 0 Å². The Balaban J connectivity index is 2.56. The Kier molecular flexibility index (Phi) is 3.86. The van der Waals surface area contributed by atoms with Crippen LogP contribution in [0.15, 0.2) is 0 Å². The summed E-state index contributed by atoms with van der Waals surface area (Å²) in [6.07, 6.45) is -0.420. The zero-order valence-electron chi connectivity index (χ0n) is 8.14. The zero-order chi connectivity index (χ0) is 10.6. The molecular weight excluding hydrogens is 184 g/mol. The van der Waals surface area contributed by atoms with E-state index in [1.54, 1.807) is 4.90 Å². The molecule has 0 saturated carbocycles. The molecule has 0 aromatic heterocycles. The van der Waals surface area contributed by atoms with Crippen molar-refractivity contribution in [2.45, 2.75) is 25.5 Å². The molecule has 78 valence electrons. The number of hydrogen-bond donors (Lipinski definition) is 1. The number of morpholine rings is 1. The van der Waals surface area contributed by atoms with Gasteiger partial charge < -0.3 is 14.7 Å². The molecule has 2 atom stereocenters. The number of aliphatic hydroxyl groups is 1. The fourth-order valence-electron chi connectivity index (χ4n) is 1.44. The molecule has 1 saturated heterocycles. The summed E-state index contributed by atoms with van der Waals surface area (Å²) in [5.74, 6) is -0.193. The normalized spacial score (nSPS) is 27.1. The Hall–Kier alpha value is -1.12. The first-order chi connectivity index (χ1) is 6.69. The third kappa shape index (κ3) is 2.44. The first kappa shape index (κ1) is 11.0. The van der Waals surface area contributed by atoms with E-state index < -0.39 is 0 Å². The summed E-state index contributed by atoms with van der Waals surface area (Å²) >= 11 is 0. The molecule has 1 rings (SSSR count). The number of nitrogens with zero attached hydrogens (tertiary/aromatic N) is 2. The van der Waals surface area contributed by atoms with E-state index in [0.29, 0.717) is 13.2 Å². The van der Waals surface area contributed by atoms with Crippen LogP contribution in [-0.4, -0.2) is 47.8 Å². The molecule has 0 radical (unpaired) electrons. The number of ether oxygens (including phenoxy) is 1. The van der Waals surface area contributed by atoms with Crippen molar-refractivity contribution in [3.8, 4) is 6.07 Å². The number of amides is 1. The molecule has 1 fully saturated rings. The van der Waals surface area contributed by atoms with E-state index in [2.05, 4.69) is 0 Å². The summed E-state index contributed by atoms with van der Waals surface area (Å²) in [4.78, 5) is 13.0. The second-order valence-electron chi connectivity index (χ2n) is 3.37. The molecule has 0 aromatic rings. The fourth-order valence-corrected chi connectivity index (χ4v) is 1.44. The summed E-state index contributed by atoms with van der Waals surface area (Å²) in [5, 5.41) is 17.3. The topological polar surface area (TPSA) is 73.6 Å². The average molecular weight is 198 g/mol. The van der Waals surface area contributed by atoms with Crippen LogP contribution in [0.4, 0.5) is 0 Å². The third-order valence-electron chi connectivity index (χ3n) is 2.26. The number of hydrogen-bond acceptors (Lipinski definition) is 4. The molecule has 2 unspecified atom stereocenters. The van der Waals surface area contributed by atoms with Crippen molar-refractivity contribution in [1.82, 2.24) is 4.90 Å². The predicted octanol–water partition coefficient (Wildman–Crippen LogP) is -0.492. The molecule has 1 amide bonds. The van der Waals surface area contributed by atoms with Crippen LogP contribution in [0.5, 0.6) is 0 Å². The fraction of sp³-hybridized carbons (Fsp3) is 0.778. The van der Waals surface area contributed by atoms with Crippen molar-refractivity contribution in [2.24, 2.45) is 0 Å². The van der Waals surface area contributed by atoms with Crippen molar-refractivity contribution in [1.29, 1.82) is 5.26 Å². The van der Waals surface area contributed by atoms with E-state index >= 15 is 0 Å². The highest BCUT2D eigenvalue weighted by molar-refractivity contribution is 5.78. The second-order valence-corrected chi connectivity index (χ2v) is 3.37. The minimum atomic E-state index is -0.311. The van der Waals surface area contributed by atoms with Crippen LogP contribution in [0.25, 0.3) is 0 Å². The molecule has 1 aliphatic rings. The number of carbonyl (C=O) groups excluding carboxylic acids is 1. The highest BCUT2D eigenvalue weighted by atomic mass is 16.5. The van der Waals surface area contributed by atoms with Crippen LogP contribution in [0.2, 0.25) is 0 Å². The minimum absolute atomic E-state index is 0.0151. The Labute approximate surface area is 82.9 Å². The van der Waals surface area contributed by atoms with Gasteiger partial charge in [-0.1, -0.05) is 0 Å². The lowest BCUT2D eigenvalue weighted by molar-refractivity contribution is -0.145. The first-order valence-corrected chi connectivity index (χ1v) is 4.58. The second kappa shape index (κ2) is 4.94. The van der Waals surface area contributed by atoms with Crippen molar-refractivity contribution < 1.29 is 14.6 Å². The van der Waals surface area contributed by atoms with Crippen LogP contribution in [0, 0.1) is 11.3 Å². The molecule has 1 N–H and O–H groups in total. The minimum Gasteiger partial charge on any atom is -0.394 e. The maximum atomic E-state index is 11.4. The van der Waals surface area contributed by atoms with E-state index in [4.69, 9.17) is 15.1 Å². The molecule has 14 heavy (non-hydrogen) atoms. The Bertz CT molecular complexity index is 249. The van der Waals surface area contributed by atoms with Crippen molar-refractivity contribution in [2.75, 3.05) is 19.8 Å². The average Bonchev–Trinajstić information content (AvgIpc) is 2.19. The van der Waals surface area contributed by atoms with Gasteiger partial charge in [-0.15, -0.1) is 0 Å². The molecule has 5 nitrogen and oxygen atoms in total. The highest BCUT2D eigenvalue weighted by Crippen LogP contribution is 2.12. The van der Waals surface area contributed by atoms with Crippen LogP contribution in [0.1, 0.15) is 13.3 Å². The lowest BCUT2D eigenvalue weighted by Crippen LogP contribution is -2.51. The Morgan fingerprint density at radius 1 is 1.79 bits per heavy atom. The maximum absolute atomic E-state index is 11.4. The number of rotatable bonds is 2. The van der Waals surface area contributed by atoms with Crippen LogP contribution >= 0.6 is 0 Å². The van der Waals surface area contributed by atoms with Crippen molar-refractivity contribution in [3.63, 3.8) is 0 Å². The molecule has 0 bridgehead atoms. The molecule has 0 spiro atoms. The highest BCUT2D eigenvalue weighted by Gasteiger charge is 2.28. The molecule has 5 heteroatoms. The van der Waals surface area contributed by atoms with E-state index in [0.717, 1.165) is 0 Å².